The number of hydrogen-bond acceptors (Lipinski definition) is 3. The number of ether oxygens (including phenoxy) is 1. The third kappa shape index (κ3) is 2.94. The van der Waals surface area contributed by atoms with Crippen LogP contribution >= 0.6 is 0 Å². The molecule has 3 nitrogen and oxygen atoms in total. The van der Waals surface area contributed by atoms with E-state index < -0.39 is 0 Å². The largest absolute Gasteiger partial charge is 0.462 e. The molecule has 0 saturated carbocycles. The molecule has 2 rings (SSSR count). The van der Waals surface area contributed by atoms with Gasteiger partial charge in [-0.1, -0.05) is 13.8 Å². The molecule has 3 heteroatoms. The van der Waals surface area contributed by atoms with Gasteiger partial charge in [-0.05, 0) is 31.6 Å². The molecule has 2 aliphatic rings. The number of piperidine rings is 1. The summed E-state index contributed by atoms with van der Waals surface area (Å²) in [5.41, 5.74) is 0. The normalized spacial score (nSPS) is 34.5. The van der Waals surface area contributed by atoms with E-state index in [0.717, 1.165) is 12.8 Å². The van der Waals surface area contributed by atoms with Crippen LogP contribution in [0.5, 0.6) is 0 Å². The van der Waals surface area contributed by atoms with Crippen molar-refractivity contribution >= 4 is 5.97 Å². The molecule has 0 amide bonds. The molecule has 2 heterocycles. The lowest BCUT2D eigenvalue weighted by Gasteiger charge is -2.28. The molecule has 0 aromatic carbocycles. The van der Waals surface area contributed by atoms with E-state index in [0.29, 0.717) is 24.4 Å². The van der Waals surface area contributed by atoms with Gasteiger partial charge >= 0.3 is 5.97 Å². The van der Waals surface area contributed by atoms with Gasteiger partial charge in [0.15, 0.2) is 0 Å². The molecule has 2 aliphatic heterocycles. The second-order valence-corrected chi connectivity index (χ2v) is 5.32. The summed E-state index contributed by atoms with van der Waals surface area (Å²) in [5.74, 6) is 0.382. The highest BCUT2D eigenvalue weighted by molar-refractivity contribution is 5.69. The highest BCUT2D eigenvalue weighted by Crippen LogP contribution is 2.28. The average Bonchev–Trinajstić information content (AvgIpc) is 2.44. The van der Waals surface area contributed by atoms with Crippen LogP contribution in [0.3, 0.4) is 0 Å². The number of esters is 1. The monoisotopic (exact) mass is 211 g/mol. The van der Waals surface area contributed by atoms with E-state index in [1.54, 1.807) is 0 Å². The topological polar surface area (TPSA) is 38.3 Å². The molecule has 0 aromatic heterocycles. The maximum atomic E-state index is 11.5. The molecule has 2 bridgehead atoms. The van der Waals surface area contributed by atoms with E-state index in [2.05, 4.69) is 5.32 Å². The Labute approximate surface area is 91.6 Å². The Morgan fingerprint density at radius 3 is 2.47 bits per heavy atom. The maximum Gasteiger partial charge on any atom is 0.306 e. The summed E-state index contributed by atoms with van der Waals surface area (Å²) in [6.07, 6.45) is 5.26. The Morgan fingerprint density at radius 2 is 1.93 bits per heavy atom. The third-order valence-electron chi connectivity index (χ3n) is 3.30. The molecule has 2 saturated heterocycles. The first-order chi connectivity index (χ1) is 7.13. The van der Waals surface area contributed by atoms with Crippen molar-refractivity contribution in [2.75, 3.05) is 0 Å². The number of rotatable bonds is 3. The van der Waals surface area contributed by atoms with Crippen LogP contribution in [0.1, 0.15) is 46.0 Å². The van der Waals surface area contributed by atoms with Gasteiger partial charge in [0.1, 0.15) is 6.10 Å². The van der Waals surface area contributed by atoms with Crippen LogP contribution in [-0.2, 0) is 9.53 Å². The summed E-state index contributed by atoms with van der Waals surface area (Å²) in [7, 11) is 0. The number of carbonyl (C=O) groups is 1. The second-order valence-electron chi connectivity index (χ2n) is 5.32. The van der Waals surface area contributed by atoms with Crippen molar-refractivity contribution in [3.05, 3.63) is 0 Å². The van der Waals surface area contributed by atoms with Gasteiger partial charge in [0.05, 0.1) is 0 Å². The minimum Gasteiger partial charge on any atom is -0.462 e. The van der Waals surface area contributed by atoms with Crippen molar-refractivity contribution in [2.24, 2.45) is 5.92 Å². The maximum absolute atomic E-state index is 11.5. The number of carbonyl (C=O) groups excluding carboxylic acids is 1. The fourth-order valence-corrected chi connectivity index (χ4v) is 2.67. The summed E-state index contributed by atoms with van der Waals surface area (Å²) in [4.78, 5) is 11.5. The first-order valence-electron chi connectivity index (χ1n) is 6.09. The van der Waals surface area contributed by atoms with Crippen LogP contribution in [0.15, 0.2) is 0 Å². The lowest BCUT2D eigenvalue weighted by molar-refractivity contribution is -0.151. The van der Waals surface area contributed by atoms with E-state index in [1.165, 1.54) is 12.8 Å². The van der Waals surface area contributed by atoms with Gasteiger partial charge in [-0.15, -0.1) is 0 Å². The van der Waals surface area contributed by atoms with E-state index in [4.69, 9.17) is 4.74 Å². The van der Waals surface area contributed by atoms with Crippen molar-refractivity contribution in [1.29, 1.82) is 0 Å². The van der Waals surface area contributed by atoms with Gasteiger partial charge in [0.25, 0.3) is 0 Å². The fourth-order valence-electron chi connectivity index (χ4n) is 2.67. The van der Waals surface area contributed by atoms with Crippen LogP contribution in [0.25, 0.3) is 0 Å². The van der Waals surface area contributed by atoms with Crippen molar-refractivity contribution in [2.45, 2.75) is 64.1 Å². The lowest BCUT2D eigenvalue weighted by Crippen LogP contribution is -2.42. The zero-order valence-electron chi connectivity index (χ0n) is 9.66. The smallest absolute Gasteiger partial charge is 0.306 e. The molecular formula is C12H21NO2. The average molecular weight is 211 g/mol. The van der Waals surface area contributed by atoms with Gasteiger partial charge in [0.2, 0.25) is 0 Å². The van der Waals surface area contributed by atoms with Crippen LogP contribution in [-0.4, -0.2) is 24.2 Å². The third-order valence-corrected chi connectivity index (χ3v) is 3.30. The minimum atomic E-state index is -0.0173. The molecule has 1 N–H and O–H groups in total. The predicted octanol–water partition coefficient (Wildman–Crippen LogP) is 1.86. The molecule has 0 spiro atoms. The van der Waals surface area contributed by atoms with Gasteiger partial charge in [-0.25, -0.2) is 0 Å². The van der Waals surface area contributed by atoms with Crippen LogP contribution in [0.4, 0.5) is 0 Å². The van der Waals surface area contributed by atoms with Crippen molar-refractivity contribution in [3.63, 3.8) is 0 Å². The van der Waals surface area contributed by atoms with Crippen molar-refractivity contribution in [1.82, 2.24) is 5.32 Å². The molecule has 3 atom stereocenters. The van der Waals surface area contributed by atoms with Gasteiger partial charge in [0, 0.05) is 18.5 Å². The number of fused-ring (bicyclic) bond motifs is 2. The highest BCUT2D eigenvalue weighted by Gasteiger charge is 2.35. The Morgan fingerprint density at radius 1 is 1.33 bits per heavy atom. The van der Waals surface area contributed by atoms with E-state index in [9.17, 15) is 4.79 Å². The Hall–Kier alpha value is -0.570. The Bertz CT molecular complexity index is 228. The van der Waals surface area contributed by atoms with Crippen molar-refractivity contribution < 1.29 is 9.53 Å². The summed E-state index contributed by atoms with van der Waals surface area (Å²) in [5, 5.41) is 3.54. The number of nitrogens with one attached hydrogen (secondary N) is 1. The first-order valence-corrected chi connectivity index (χ1v) is 6.09. The number of hydrogen-bond donors (Lipinski definition) is 1. The van der Waals surface area contributed by atoms with E-state index in [-0.39, 0.29) is 12.1 Å². The Kier molecular flexibility index (Phi) is 3.29. The molecule has 2 fully saturated rings. The zero-order valence-corrected chi connectivity index (χ0v) is 9.66. The molecule has 86 valence electrons. The minimum absolute atomic E-state index is 0.0173. The molecule has 0 aliphatic carbocycles. The van der Waals surface area contributed by atoms with Gasteiger partial charge in [-0.2, -0.15) is 0 Å². The molecule has 15 heavy (non-hydrogen) atoms. The Balaban J connectivity index is 1.78. The van der Waals surface area contributed by atoms with E-state index >= 15 is 0 Å². The quantitative estimate of drug-likeness (QED) is 0.724. The SMILES string of the molecule is CC(C)CC(=O)OC1C[C@H]2CC[C@@H](C1)N2. The van der Waals surface area contributed by atoms with Crippen LogP contribution in [0.2, 0.25) is 0 Å². The van der Waals surface area contributed by atoms with Crippen molar-refractivity contribution in [3.8, 4) is 0 Å². The second kappa shape index (κ2) is 4.52. The molecule has 0 radical (unpaired) electrons. The van der Waals surface area contributed by atoms with Crippen LogP contribution in [0, 0.1) is 5.92 Å². The fraction of sp³-hybridized carbons (Fsp3) is 0.917. The van der Waals surface area contributed by atoms with Gasteiger partial charge in [-0.3, -0.25) is 4.79 Å². The molecular weight excluding hydrogens is 190 g/mol. The summed E-state index contributed by atoms with van der Waals surface area (Å²) >= 11 is 0. The zero-order chi connectivity index (χ0) is 10.8. The summed E-state index contributed by atoms with van der Waals surface area (Å²) in [6, 6.07) is 1.20. The molecule has 0 aromatic rings. The standard InChI is InChI=1S/C12H21NO2/c1-8(2)5-12(14)15-11-6-9-3-4-10(7-11)13-9/h8-11,13H,3-7H2,1-2H3/t9-,10+,11?. The highest BCUT2D eigenvalue weighted by atomic mass is 16.5. The van der Waals surface area contributed by atoms with Gasteiger partial charge < -0.3 is 10.1 Å². The first kappa shape index (κ1) is 10.9. The molecule has 1 unspecified atom stereocenters. The summed E-state index contributed by atoms with van der Waals surface area (Å²) < 4.78 is 5.50. The summed E-state index contributed by atoms with van der Waals surface area (Å²) in [6.45, 7) is 4.10. The van der Waals surface area contributed by atoms with E-state index in [1.807, 2.05) is 13.8 Å². The van der Waals surface area contributed by atoms with Crippen LogP contribution < -0.4 is 5.32 Å². The lowest BCUT2D eigenvalue weighted by atomic mass is 10.0. The predicted molar refractivity (Wildman–Crippen MR) is 58.5 cm³/mol.